The highest BCUT2D eigenvalue weighted by Crippen LogP contribution is 2.08. The first-order valence-electron chi connectivity index (χ1n) is 4.29. The summed E-state index contributed by atoms with van der Waals surface area (Å²) in [5, 5.41) is 3.41. The molecule has 11 heavy (non-hydrogen) atoms. The zero-order chi connectivity index (χ0) is 8.10. The van der Waals surface area contributed by atoms with E-state index < -0.39 is 0 Å². The summed E-state index contributed by atoms with van der Waals surface area (Å²) in [6.07, 6.45) is 5.18. The minimum Gasteiger partial charge on any atom is -0.309 e. The first kappa shape index (κ1) is 8.47. The van der Waals surface area contributed by atoms with Gasteiger partial charge in [-0.05, 0) is 25.8 Å². The van der Waals surface area contributed by atoms with Crippen molar-refractivity contribution in [3.8, 4) is 0 Å². The summed E-state index contributed by atoms with van der Waals surface area (Å²) in [4.78, 5) is 4.24. The number of rotatable bonds is 3. The Morgan fingerprint density at radius 3 is 3.09 bits per heavy atom. The average Bonchev–Trinajstić information content (AvgIpc) is 2.52. The van der Waals surface area contributed by atoms with Gasteiger partial charge in [-0.3, -0.25) is 4.99 Å². The molecule has 2 heteroatoms. The minimum atomic E-state index is 0.526. The van der Waals surface area contributed by atoms with Gasteiger partial charge in [0.15, 0.2) is 0 Å². The van der Waals surface area contributed by atoms with Crippen LogP contribution in [0.5, 0.6) is 0 Å². The lowest BCUT2D eigenvalue weighted by Gasteiger charge is -2.10. The molecule has 1 saturated heterocycles. The van der Waals surface area contributed by atoms with Gasteiger partial charge in [0.2, 0.25) is 0 Å². The van der Waals surface area contributed by atoms with Gasteiger partial charge < -0.3 is 5.32 Å². The van der Waals surface area contributed by atoms with Crippen LogP contribution in [0.4, 0.5) is 0 Å². The lowest BCUT2D eigenvalue weighted by Crippen LogP contribution is -2.30. The molecule has 0 aromatic rings. The first-order chi connectivity index (χ1) is 5.38. The van der Waals surface area contributed by atoms with E-state index in [2.05, 4.69) is 23.8 Å². The predicted molar refractivity (Wildman–Crippen MR) is 48.9 cm³/mol. The molecule has 0 aliphatic carbocycles. The molecule has 0 unspecified atom stereocenters. The number of hydrogen-bond donors (Lipinski definition) is 1. The van der Waals surface area contributed by atoms with Crippen molar-refractivity contribution >= 4 is 5.71 Å². The predicted octanol–water partition coefficient (Wildman–Crippen LogP) is 1.73. The van der Waals surface area contributed by atoms with Crippen molar-refractivity contribution in [3.63, 3.8) is 0 Å². The zero-order valence-corrected chi connectivity index (χ0v) is 7.14. The van der Waals surface area contributed by atoms with E-state index in [-0.39, 0.29) is 0 Å². The van der Waals surface area contributed by atoms with Crippen LogP contribution in [0, 0.1) is 0 Å². The highest BCUT2D eigenvalue weighted by Gasteiger charge is 2.17. The fraction of sp³-hybridized carbons (Fsp3) is 0.667. The van der Waals surface area contributed by atoms with E-state index in [9.17, 15) is 0 Å². The van der Waals surface area contributed by atoms with Crippen LogP contribution in [0.1, 0.15) is 26.2 Å². The Kier molecular flexibility index (Phi) is 3.30. The molecule has 0 amide bonds. The summed E-state index contributed by atoms with van der Waals surface area (Å²) in [7, 11) is 0. The third-order valence-electron chi connectivity index (χ3n) is 2.08. The van der Waals surface area contributed by atoms with Crippen LogP contribution < -0.4 is 5.32 Å². The average molecular weight is 152 g/mol. The molecule has 1 aliphatic heterocycles. The quantitative estimate of drug-likeness (QED) is 0.612. The van der Waals surface area contributed by atoms with Gasteiger partial charge in [-0.25, -0.2) is 0 Å². The third-order valence-corrected chi connectivity index (χ3v) is 2.08. The van der Waals surface area contributed by atoms with Crippen molar-refractivity contribution in [2.24, 2.45) is 4.99 Å². The molecule has 0 radical (unpaired) electrons. The standard InChI is InChI=1S/C9H16N2/c1-3-8(10-4-2)9-6-5-7-11-9/h4,9,11H,2-3,5-7H2,1H3/t9-/m0/s1. The SMILES string of the molecule is C=CN=C(CC)[C@@H]1CCCN1. The molecule has 1 atom stereocenters. The Bertz CT molecular complexity index is 155. The number of nitrogens with zero attached hydrogens (tertiary/aromatic N) is 1. The highest BCUT2D eigenvalue weighted by molar-refractivity contribution is 5.90. The molecule has 0 saturated carbocycles. The molecule has 1 N–H and O–H groups in total. The molecule has 0 aromatic carbocycles. The maximum absolute atomic E-state index is 4.24. The van der Waals surface area contributed by atoms with Gasteiger partial charge in [-0.1, -0.05) is 13.5 Å². The zero-order valence-electron chi connectivity index (χ0n) is 7.14. The van der Waals surface area contributed by atoms with Crippen molar-refractivity contribution in [2.45, 2.75) is 32.2 Å². The Labute approximate surface area is 68.4 Å². The smallest absolute Gasteiger partial charge is 0.0455 e. The van der Waals surface area contributed by atoms with E-state index in [0.717, 1.165) is 13.0 Å². The van der Waals surface area contributed by atoms with Crippen LogP contribution >= 0.6 is 0 Å². The van der Waals surface area contributed by atoms with Gasteiger partial charge in [0.1, 0.15) is 0 Å². The molecule has 1 fully saturated rings. The first-order valence-corrected chi connectivity index (χ1v) is 4.29. The Morgan fingerprint density at radius 1 is 1.82 bits per heavy atom. The molecule has 1 aliphatic rings. The summed E-state index contributed by atoms with van der Waals surface area (Å²) in [6.45, 7) is 6.89. The second-order valence-electron chi connectivity index (χ2n) is 2.81. The van der Waals surface area contributed by atoms with Gasteiger partial charge in [-0.15, -0.1) is 0 Å². The molecule has 0 spiro atoms. The monoisotopic (exact) mass is 152 g/mol. The summed E-state index contributed by atoms with van der Waals surface area (Å²) >= 11 is 0. The highest BCUT2D eigenvalue weighted by atomic mass is 15.0. The summed E-state index contributed by atoms with van der Waals surface area (Å²) in [5.74, 6) is 0. The van der Waals surface area contributed by atoms with Crippen molar-refractivity contribution < 1.29 is 0 Å². The molecule has 1 rings (SSSR count). The van der Waals surface area contributed by atoms with E-state index in [0.29, 0.717) is 6.04 Å². The summed E-state index contributed by atoms with van der Waals surface area (Å²) < 4.78 is 0. The summed E-state index contributed by atoms with van der Waals surface area (Å²) in [5.41, 5.74) is 1.25. The Morgan fingerprint density at radius 2 is 2.64 bits per heavy atom. The lowest BCUT2D eigenvalue weighted by atomic mass is 10.1. The normalized spacial score (nSPS) is 25.5. The molecule has 1 heterocycles. The van der Waals surface area contributed by atoms with Crippen LogP contribution in [0.15, 0.2) is 17.8 Å². The molecule has 0 bridgehead atoms. The molecule has 0 aromatic heterocycles. The van der Waals surface area contributed by atoms with Crippen LogP contribution in [-0.2, 0) is 0 Å². The van der Waals surface area contributed by atoms with Gasteiger partial charge in [-0.2, -0.15) is 0 Å². The molecule has 2 nitrogen and oxygen atoms in total. The number of hydrogen-bond acceptors (Lipinski definition) is 2. The van der Waals surface area contributed by atoms with E-state index in [4.69, 9.17) is 0 Å². The van der Waals surface area contributed by atoms with Gasteiger partial charge in [0.25, 0.3) is 0 Å². The second-order valence-corrected chi connectivity index (χ2v) is 2.81. The second kappa shape index (κ2) is 4.29. The number of nitrogens with one attached hydrogen (secondary N) is 1. The van der Waals surface area contributed by atoms with Crippen molar-refractivity contribution in [3.05, 3.63) is 12.8 Å². The van der Waals surface area contributed by atoms with Gasteiger partial charge >= 0.3 is 0 Å². The molecule has 62 valence electrons. The van der Waals surface area contributed by atoms with E-state index in [1.54, 1.807) is 6.20 Å². The summed E-state index contributed by atoms with van der Waals surface area (Å²) in [6, 6.07) is 0.526. The van der Waals surface area contributed by atoms with E-state index >= 15 is 0 Å². The third kappa shape index (κ3) is 2.15. The minimum absolute atomic E-state index is 0.526. The van der Waals surface area contributed by atoms with Crippen LogP contribution in [0.2, 0.25) is 0 Å². The number of aliphatic imine (C=N–C) groups is 1. The molecular formula is C9H16N2. The van der Waals surface area contributed by atoms with Crippen LogP contribution in [-0.4, -0.2) is 18.3 Å². The van der Waals surface area contributed by atoms with Gasteiger partial charge in [0.05, 0.1) is 0 Å². The molecular weight excluding hydrogens is 136 g/mol. The fourth-order valence-corrected chi connectivity index (χ4v) is 1.51. The maximum atomic E-state index is 4.24. The van der Waals surface area contributed by atoms with E-state index in [1.165, 1.54) is 18.6 Å². The van der Waals surface area contributed by atoms with Crippen molar-refractivity contribution in [1.29, 1.82) is 0 Å². The van der Waals surface area contributed by atoms with Crippen LogP contribution in [0.3, 0.4) is 0 Å². The Hall–Kier alpha value is -0.630. The van der Waals surface area contributed by atoms with Crippen molar-refractivity contribution in [1.82, 2.24) is 5.32 Å². The largest absolute Gasteiger partial charge is 0.309 e. The van der Waals surface area contributed by atoms with E-state index in [1.807, 2.05) is 0 Å². The van der Waals surface area contributed by atoms with Gasteiger partial charge in [0, 0.05) is 18.0 Å². The lowest BCUT2D eigenvalue weighted by molar-refractivity contribution is 0.749. The van der Waals surface area contributed by atoms with Crippen molar-refractivity contribution in [2.75, 3.05) is 6.54 Å². The Balaban J connectivity index is 2.53. The van der Waals surface area contributed by atoms with Crippen LogP contribution in [0.25, 0.3) is 0 Å². The topological polar surface area (TPSA) is 24.4 Å². The maximum Gasteiger partial charge on any atom is 0.0455 e. The fourth-order valence-electron chi connectivity index (χ4n) is 1.51.